The SMILES string of the molecule is COc1c(O)cc(C(C)C)cc1C1CCNCC1. The molecule has 1 saturated heterocycles. The van der Waals surface area contributed by atoms with Gasteiger partial charge >= 0.3 is 0 Å². The number of piperidine rings is 1. The molecule has 3 heteroatoms. The Morgan fingerprint density at radius 1 is 1.28 bits per heavy atom. The van der Waals surface area contributed by atoms with Crippen molar-refractivity contribution in [2.24, 2.45) is 0 Å². The summed E-state index contributed by atoms with van der Waals surface area (Å²) < 4.78 is 5.39. The minimum atomic E-state index is 0.275. The maximum Gasteiger partial charge on any atom is 0.163 e. The molecule has 3 nitrogen and oxygen atoms in total. The number of phenolic OH excluding ortho intramolecular Hbond substituents is 1. The van der Waals surface area contributed by atoms with Gasteiger partial charge in [0.05, 0.1) is 7.11 Å². The third-order valence-corrected chi connectivity index (χ3v) is 3.77. The van der Waals surface area contributed by atoms with Crippen LogP contribution < -0.4 is 10.1 Å². The number of benzene rings is 1. The number of hydrogen-bond donors (Lipinski definition) is 2. The molecule has 0 amide bonds. The van der Waals surface area contributed by atoms with E-state index in [2.05, 4.69) is 25.2 Å². The minimum Gasteiger partial charge on any atom is -0.504 e. The molecular weight excluding hydrogens is 226 g/mol. The molecule has 1 aromatic carbocycles. The van der Waals surface area contributed by atoms with Crippen LogP contribution in [0.15, 0.2) is 12.1 Å². The molecule has 1 aliphatic rings. The van der Waals surface area contributed by atoms with Crippen molar-refractivity contribution in [3.05, 3.63) is 23.3 Å². The zero-order valence-corrected chi connectivity index (χ0v) is 11.5. The molecule has 100 valence electrons. The minimum absolute atomic E-state index is 0.275. The van der Waals surface area contributed by atoms with Gasteiger partial charge in [-0.15, -0.1) is 0 Å². The molecule has 0 aromatic heterocycles. The lowest BCUT2D eigenvalue weighted by molar-refractivity contribution is 0.358. The number of ether oxygens (including phenoxy) is 1. The molecule has 1 heterocycles. The molecule has 0 bridgehead atoms. The molecule has 0 atom stereocenters. The van der Waals surface area contributed by atoms with Gasteiger partial charge < -0.3 is 15.2 Å². The van der Waals surface area contributed by atoms with Crippen molar-refractivity contribution < 1.29 is 9.84 Å². The van der Waals surface area contributed by atoms with E-state index in [4.69, 9.17) is 4.74 Å². The average molecular weight is 249 g/mol. The molecule has 0 radical (unpaired) electrons. The van der Waals surface area contributed by atoms with Gasteiger partial charge in [-0.3, -0.25) is 0 Å². The van der Waals surface area contributed by atoms with Crippen LogP contribution in [0, 0.1) is 0 Å². The second-order valence-corrected chi connectivity index (χ2v) is 5.34. The van der Waals surface area contributed by atoms with E-state index in [-0.39, 0.29) is 5.75 Å². The van der Waals surface area contributed by atoms with Gasteiger partial charge in [-0.25, -0.2) is 0 Å². The van der Waals surface area contributed by atoms with Crippen LogP contribution in [0.25, 0.3) is 0 Å². The summed E-state index contributed by atoms with van der Waals surface area (Å²) in [6, 6.07) is 4.04. The summed E-state index contributed by atoms with van der Waals surface area (Å²) in [4.78, 5) is 0. The van der Waals surface area contributed by atoms with Crippen molar-refractivity contribution in [1.29, 1.82) is 0 Å². The highest BCUT2D eigenvalue weighted by Crippen LogP contribution is 2.40. The maximum atomic E-state index is 10.1. The Morgan fingerprint density at radius 3 is 2.50 bits per heavy atom. The fraction of sp³-hybridized carbons (Fsp3) is 0.600. The molecule has 2 N–H and O–H groups in total. The van der Waals surface area contributed by atoms with Crippen LogP contribution in [0.5, 0.6) is 11.5 Å². The van der Waals surface area contributed by atoms with E-state index in [0.29, 0.717) is 17.6 Å². The predicted octanol–water partition coefficient (Wildman–Crippen LogP) is 2.99. The lowest BCUT2D eigenvalue weighted by Crippen LogP contribution is -2.26. The Labute approximate surface area is 109 Å². The lowest BCUT2D eigenvalue weighted by Gasteiger charge is -2.26. The second-order valence-electron chi connectivity index (χ2n) is 5.34. The third kappa shape index (κ3) is 2.61. The summed E-state index contributed by atoms with van der Waals surface area (Å²) in [6.07, 6.45) is 2.22. The molecule has 0 unspecified atom stereocenters. The first-order valence-corrected chi connectivity index (χ1v) is 6.75. The zero-order chi connectivity index (χ0) is 13.1. The maximum absolute atomic E-state index is 10.1. The Bertz CT molecular complexity index is 409. The van der Waals surface area contributed by atoms with Crippen LogP contribution in [0.2, 0.25) is 0 Å². The van der Waals surface area contributed by atoms with E-state index in [1.807, 2.05) is 6.07 Å². The largest absolute Gasteiger partial charge is 0.504 e. The van der Waals surface area contributed by atoms with Gasteiger partial charge in [0.25, 0.3) is 0 Å². The van der Waals surface area contributed by atoms with E-state index in [1.165, 1.54) is 11.1 Å². The van der Waals surface area contributed by atoms with Gasteiger partial charge in [0.2, 0.25) is 0 Å². The van der Waals surface area contributed by atoms with Gasteiger partial charge in [-0.1, -0.05) is 19.9 Å². The fourth-order valence-electron chi connectivity index (χ4n) is 2.65. The molecule has 1 fully saturated rings. The average Bonchev–Trinajstić information content (AvgIpc) is 2.38. The van der Waals surface area contributed by atoms with Gasteiger partial charge in [0, 0.05) is 5.56 Å². The van der Waals surface area contributed by atoms with Gasteiger partial charge in [0.1, 0.15) is 0 Å². The molecular formula is C15H23NO2. The highest BCUT2D eigenvalue weighted by molar-refractivity contribution is 5.51. The Morgan fingerprint density at radius 2 is 1.94 bits per heavy atom. The van der Waals surface area contributed by atoms with E-state index in [9.17, 15) is 5.11 Å². The van der Waals surface area contributed by atoms with Crippen LogP contribution in [0.1, 0.15) is 49.7 Å². The summed E-state index contributed by atoms with van der Waals surface area (Å²) in [5, 5.41) is 13.5. The number of methoxy groups -OCH3 is 1. The van der Waals surface area contributed by atoms with Crippen molar-refractivity contribution in [2.75, 3.05) is 20.2 Å². The first kappa shape index (κ1) is 13.2. The molecule has 2 rings (SSSR count). The van der Waals surface area contributed by atoms with Crippen molar-refractivity contribution in [3.8, 4) is 11.5 Å². The summed E-state index contributed by atoms with van der Waals surface area (Å²) in [5.41, 5.74) is 2.35. The number of aromatic hydroxyl groups is 1. The summed E-state index contributed by atoms with van der Waals surface area (Å²) >= 11 is 0. The molecule has 0 spiro atoms. The standard InChI is InChI=1S/C15H23NO2/c1-10(2)12-8-13(11-4-6-16-7-5-11)15(18-3)14(17)9-12/h8-11,16-17H,4-7H2,1-3H3. The van der Waals surface area contributed by atoms with Crippen LogP contribution in [-0.2, 0) is 0 Å². The predicted molar refractivity (Wildman–Crippen MR) is 73.6 cm³/mol. The molecule has 18 heavy (non-hydrogen) atoms. The highest BCUT2D eigenvalue weighted by atomic mass is 16.5. The number of hydrogen-bond acceptors (Lipinski definition) is 3. The Balaban J connectivity index is 2.41. The van der Waals surface area contributed by atoms with E-state index in [1.54, 1.807) is 7.11 Å². The van der Waals surface area contributed by atoms with Crippen LogP contribution in [0.4, 0.5) is 0 Å². The fourth-order valence-corrected chi connectivity index (χ4v) is 2.65. The Kier molecular flexibility index (Phi) is 4.12. The van der Waals surface area contributed by atoms with Crippen molar-refractivity contribution in [2.45, 2.75) is 38.5 Å². The Hall–Kier alpha value is -1.22. The highest BCUT2D eigenvalue weighted by Gasteiger charge is 2.22. The topological polar surface area (TPSA) is 41.5 Å². The normalized spacial score (nSPS) is 17.1. The first-order chi connectivity index (χ1) is 8.63. The lowest BCUT2D eigenvalue weighted by atomic mass is 9.87. The molecule has 0 aliphatic carbocycles. The summed E-state index contributed by atoms with van der Waals surface area (Å²) in [7, 11) is 1.63. The van der Waals surface area contributed by atoms with E-state index in [0.717, 1.165) is 25.9 Å². The monoisotopic (exact) mass is 249 g/mol. The van der Waals surface area contributed by atoms with Crippen LogP contribution in [0.3, 0.4) is 0 Å². The molecule has 0 saturated carbocycles. The molecule has 1 aromatic rings. The van der Waals surface area contributed by atoms with Crippen molar-refractivity contribution >= 4 is 0 Å². The number of nitrogens with one attached hydrogen (secondary N) is 1. The van der Waals surface area contributed by atoms with Gasteiger partial charge in [-0.2, -0.15) is 0 Å². The van der Waals surface area contributed by atoms with Crippen LogP contribution in [-0.4, -0.2) is 25.3 Å². The summed E-state index contributed by atoms with van der Waals surface area (Å²) in [5.74, 6) is 1.84. The molecule has 1 aliphatic heterocycles. The quantitative estimate of drug-likeness (QED) is 0.865. The van der Waals surface area contributed by atoms with Crippen LogP contribution >= 0.6 is 0 Å². The van der Waals surface area contributed by atoms with Crippen molar-refractivity contribution in [3.63, 3.8) is 0 Å². The number of rotatable bonds is 3. The van der Waals surface area contributed by atoms with E-state index < -0.39 is 0 Å². The number of phenols is 1. The third-order valence-electron chi connectivity index (χ3n) is 3.77. The smallest absolute Gasteiger partial charge is 0.163 e. The van der Waals surface area contributed by atoms with Crippen molar-refractivity contribution in [1.82, 2.24) is 5.32 Å². The van der Waals surface area contributed by atoms with E-state index >= 15 is 0 Å². The van der Waals surface area contributed by atoms with Gasteiger partial charge in [-0.05, 0) is 49.4 Å². The first-order valence-electron chi connectivity index (χ1n) is 6.75. The summed E-state index contributed by atoms with van der Waals surface area (Å²) in [6.45, 7) is 6.38. The van der Waals surface area contributed by atoms with Gasteiger partial charge in [0.15, 0.2) is 11.5 Å². The zero-order valence-electron chi connectivity index (χ0n) is 11.5. The second kappa shape index (κ2) is 5.61.